The van der Waals surface area contributed by atoms with Crippen molar-refractivity contribution in [3.05, 3.63) is 100 Å². The molecule has 0 saturated heterocycles. The Morgan fingerprint density at radius 2 is 1.68 bits per heavy atom. The Morgan fingerprint density at radius 1 is 1.00 bits per heavy atom. The molecule has 4 nitrogen and oxygen atoms in total. The van der Waals surface area contributed by atoms with Crippen molar-refractivity contribution >= 4 is 5.91 Å². The summed E-state index contributed by atoms with van der Waals surface area (Å²) in [5, 5.41) is 5.63. The Labute approximate surface area is 194 Å². The third-order valence-electron chi connectivity index (χ3n) is 5.50. The van der Waals surface area contributed by atoms with Crippen LogP contribution in [0.4, 0.5) is 22.0 Å². The van der Waals surface area contributed by atoms with E-state index in [1.165, 1.54) is 43.4 Å². The fourth-order valence-corrected chi connectivity index (χ4v) is 3.74. The highest BCUT2D eigenvalue weighted by Crippen LogP contribution is 2.33. The number of hydrogen-bond donors (Lipinski definition) is 2. The summed E-state index contributed by atoms with van der Waals surface area (Å²) in [6.07, 6.45) is -3.21. The van der Waals surface area contributed by atoms with Crippen LogP contribution in [0.3, 0.4) is 0 Å². The molecule has 0 radical (unpaired) electrons. The lowest BCUT2D eigenvalue weighted by Crippen LogP contribution is -2.36. The molecule has 180 valence electrons. The molecule has 3 aromatic rings. The van der Waals surface area contributed by atoms with Crippen LogP contribution in [0.2, 0.25) is 0 Å². The second-order valence-corrected chi connectivity index (χ2v) is 7.89. The van der Waals surface area contributed by atoms with E-state index in [1.54, 1.807) is 19.1 Å². The number of likely N-dealkylation sites (N-methyl/N-ethyl adjacent to an activating group) is 1. The number of hydrogen-bond acceptors (Lipinski definition) is 3. The van der Waals surface area contributed by atoms with Gasteiger partial charge in [-0.15, -0.1) is 0 Å². The third-order valence-corrected chi connectivity index (χ3v) is 5.50. The second-order valence-electron chi connectivity index (χ2n) is 7.89. The number of amides is 1. The Balaban J connectivity index is 1.87. The normalized spacial score (nSPS) is 13.4. The summed E-state index contributed by atoms with van der Waals surface area (Å²) in [6, 6.07) is 11.4. The van der Waals surface area contributed by atoms with E-state index in [4.69, 9.17) is 0 Å². The van der Waals surface area contributed by atoms with Crippen LogP contribution in [0.25, 0.3) is 0 Å². The molecule has 0 fully saturated rings. The first-order chi connectivity index (χ1) is 16.1. The van der Waals surface area contributed by atoms with Gasteiger partial charge in [-0.25, -0.2) is 8.78 Å². The first kappa shape index (κ1) is 25.3. The van der Waals surface area contributed by atoms with Crippen molar-refractivity contribution in [2.45, 2.75) is 31.5 Å². The molecule has 3 rings (SSSR count). The topological polar surface area (TPSA) is 54.0 Å². The van der Waals surface area contributed by atoms with Crippen molar-refractivity contribution in [2.75, 3.05) is 13.6 Å². The van der Waals surface area contributed by atoms with Crippen molar-refractivity contribution in [2.24, 2.45) is 0 Å². The maximum atomic E-state index is 14.7. The van der Waals surface area contributed by atoms with Crippen molar-refractivity contribution in [3.63, 3.8) is 0 Å². The summed E-state index contributed by atoms with van der Waals surface area (Å²) in [6.45, 7) is 2.01. The van der Waals surface area contributed by atoms with Crippen molar-refractivity contribution in [3.8, 4) is 0 Å². The number of benzene rings is 2. The van der Waals surface area contributed by atoms with Crippen LogP contribution in [0.5, 0.6) is 0 Å². The summed E-state index contributed by atoms with van der Waals surface area (Å²) >= 11 is 0. The van der Waals surface area contributed by atoms with Gasteiger partial charge in [-0.2, -0.15) is 13.2 Å². The highest BCUT2D eigenvalue weighted by molar-refractivity contribution is 5.82. The van der Waals surface area contributed by atoms with Crippen LogP contribution in [-0.4, -0.2) is 24.5 Å². The van der Waals surface area contributed by atoms with E-state index in [-0.39, 0.29) is 18.9 Å². The number of halogens is 5. The van der Waals surface area contributed by atoms with Gasteiger partial charge in [-0.1, -0.05) is 35.9 Å². The van der Waals surface area contributed by atoms with Crippen molar-refractivity contribution < 1.29 is 26.7 Å². The van der Waals surface area contributed by atoms with Gasteiger partial charge in [0.05, 0.1) is 0 Å². The molecule has 2 unspecified atom stereocenters. The van der Waals surface area contributed by atoms with E-state index in [0.29, 0.717) is 16.7 Å². The standard InChI is InChI=1S/C25H24F5N3O/c1-15-3-9-21(27)20(13-15)19(17-6-10-22(33-14-17)25(28,29)30)11-12-32-23(24(34)31-2)16-4-7-18(26)8-5-16/h3-10,13-14,19,23,32H,11-12H2,1-2H3,(H,31,34). The maximum absolute atomic E-state index is 14.7. The number of nitrogens with one attached hydrogen (secondary N) is 2. The zero-order valence-corrected chi connectivity index (χ0v) is 18.6. The number of rotatable bonds is 8. The van der Waals surface area contributed by atoms with Gasteiger partial charge >= 0.3 is 6.18 Å². The largest absolute Gasteiger partial charge is 0.433 e. The molecule has 1 aromatic heterocycles. The van der Waals surface area contributed by atoms with Crippen molar-refractivity contribution in [1.82, 2.24) is 15.6 Å². The lowest BCUT2D eigenvalue weighted by molar-refractivity contribution is -0.141. The van der Waals surface area contributed by atoms with Gasteiger partial charge in [-0.3, -0.25) is 9.78 Å². The van der Waals surface area contributed by atoms with E-state index in [2.05, 4.69) is 15.6 Å². The smallest absolute Gasteiger partial charge is 0.358 e. The minimum absolute atomic E-state index is 0.217. The predicted molar refractivity (Wildman–Crippen MR) is 118 cm³/mol. The summed E-state index contributed by atoms with van der Waals surface area (Å²) in [5.41, 5.74) is 1.03. The summed E-state index contributed by atoms with van der Waals surface area (Å²) < 4.78 is 66.9. The second kappa shape index (κ2) is 10.7. The molecule has 0 aliphatic rings. The number of nitrogens with zero attached hydrogens (tertiary/aromatic N) is 1. The Bertz CT molecular complexity index is 1110. The van der Waals surface area contributed by atoms with Gasteiger partial charge in [0.15, 0.2) is 0 Å². The zero-order valence-electron chi connectivity index (χ0n) is 18.6. The Kier molecular flexibility index (Phi) is 7.98. The van der Waals surface area contributed by atoms with Gasteiger partial charge in [0, 0.05) is 19.2 Å². The average Bonchev–Trinajstić information content (AvgIpc) is 2.81. The monoisotopic (exact) mass is 477 g/mol. The molecule has 0 saturated carbocycles. The molecule has 0 aliphatic carbocycles. The molecule has 0 aliphatic heterocycles. The molecular weight excluding hydrogens is 453 g/mol. The third kappa shape index (κ3) is 6.17. The van der Waals surface area contributed by atoms with E-state index in [0.717, 1.165) is 17.8 Å². The fourth-order valence-electron chi connectivity index (χ4n) is 3.74. The van der Waals surface area contributed by atoms with E-state index >= 15 is 0 Å². The minimum atomic E-state index is -4.58. The number of aryl methyl sites for hydroxylation is 1. The minimum Gasteiger partial charge on any atom is -0.358 e. The van der Waals surface area contributed by atoms with Gasteiger partial charge in [-0.05, 0) is 60.8 Å². The highest BCUT2D eigenvalue weighted by Gasteiger charge is 2.32. The van der Waals surface area contributed by atoms with Crippen molar-refractivity contribution in [1.29, 1.82) is 0 Å². The quantitative estimate of drug-likeness (QED) is 0.434. The van der Waals surface area contributed by atoms with Crippen LogP contribution in [0.15, 0.2) is 60.8 Å². The van der Waals surface area contributed by atoms with E-state index in [1.807, 2.05) is 0 Å². The Morgan fingerprint density at radius 3 is 2.26 bits per heavy atom. The molecule has 1 heterocycles. The van der Waals surface area contributed by atoms with E-state index < -0.39 is 35.5 Å². The fraction of sp³-hybridized carbons (Fsp3) is 0.280. The number of carbonyl (C=O) groups excluding carboxylic acids is 1. The number of aromatic nitrogens is 1. The first-order valence-electron chi connectivity index (χ1n) is 10.6. The molecular formula is C25H24F5N3O. The van der Waals surface area contributed by atoms with E-state index in [9.17, 15) is 26.7 Å². The molecule has 0 bridgehead atoms. The predicted octanol–water partition coefficient (Wildman–Crippen LogP) is 5.29. The molecule has 2 aromatic carbocycles. The highest BCUT2D eigenvalue weighted by atomic mass is 19.4. The molecule has 9 heteroatoms. The lowest BCUT2D eigenvalue weighted by atomic mass is 9.88. The number of pyridine rings is 1. The first-order valence-corrected chi connectivity index (χ1v) is 10.6. The van der Waals surface area contributed by atoms with Gasteiger partial charge in [0.25, 0.3) is 0 Å². The molecule has 2 N–H and O–H groups in total. The number of alkyl halides is 3. The molecule has 0 spiro atoms. The van der Waals surface area contributed by atoms with Gasteiger partial charge in [0.2, 0.25) is 5.91 Å². The van der Waals surface area contributed by atoms with Crippen LogP contribution >= 0.6 is 0 Å². The molecule has 34 heavy (non-hydrogen) atoms. The number of carbonyl (C=O) groups is 1. The summed E-state index contributed by atoms with van der Waals surface area (Å²) in [4.78, 5) is 15.9. The average molecular weight is 477 g/mol. The Hall–Kier alpha value is -3.33. The van der Waals surface area contributed by atoms with Crippen LogP contribution < -0.4 is 10.6 Å². The van der Waals surface area contributed by atoms with Gasteiger partial charge in [0.1, 0.15) is 23.4 Å². The molecule has 1 amide bonds. The van der Waals surface area contributed by atoms with Gasteiger partial charge < -0.3 is 10.6 Å². The summed E-state index contributed by atoms with van der Waals surface area (Å²) in [7, 11) is 1.47. The van der Waals surface area contributed by atoms with Crippen LogP contribution in [0.1, 0.15) is 46.3 Å². The SMILES string of the molecule is CNC(=O)C(NCCC(c1ccc(C(F)(F)F)nc1)c1cc(C)ccc1F)c1ccc(F)cc1. The van der Waals surface area contributed by atoms with Crippen LogP contribution in [-0.2, 0) is 11.0 Å². The lowest BCUT2D eigenvalue weighted by Gasteiger charge is -2.22. The summed E-state index contributed by atoms with van der Waals surface area (Å²) in [5.74, 6) is -1.89. The maximum Gasteiger partial charge on any atom is 0.433 e. The molecule has 2 atom stereocenters. The zero-order chi connectivity index (χ0) is 24.9. The van der Waals surface area contributed by atoms with Crippen LogP contribution in [0, 0.1) is 18.6 Å².